The molecular weight excluding hydrogens is 258 g/mol. The zero-order chi connectivity index (χ0) is 14.1. The predicted octanol–water partition coefficient (Wildman–Crippen LogP) is 0.613. The Bertz CT molecular complexity index is 670. The molecule has 2 aromatic rings. The van der Waals surface area contributed by atoms with Gasteiger partial charge in [0, 0.05) is 25.1 Å². The number of aromatic nitrogens is 2. The van der Waals surface area contributed by atoms with Gasteiger partial charge in [-0.2, -0.15) is 0 Å². The molecule has 0 aliphatic heterocycles. The fourth-order valence-corrected chi connectivity index (χ4v) is 2.16. The second kappa shape index (κ2) is 4.96. The summed E-state index contributed by atoms with van der Waals surface area (Å²) >= 11 is 0. The monoisotopic (exact) mass is 274 g/mol. The van der Waals surface area contributed by atoms with E-state index < -0.39 is 5.63 Å². The highest BCUT2D eigenvalue weighted by Crippen LogP contribution is 2.30. The summed E-state index contributed by atoms with van der Waals surface area (Å²) in [6.45, 7) is 0.232. The lowest BCUT2D eigenvalue weighted by molar-refractivity contribution is -0.678. The van der Waals surface area contributed by atoms with E-state index in [1.165, 1.54) is 0 Å². The molecule has 3 rings (SSSR count). The molecule has 0 saturated heterocycles. The van der Waals surface area contributed by atoms with Crippen LogP contribution in [0.15, 0.2) is 39.6 Å². The van der Waals surface area contributed by atoms with Gasteiger partial charge in [0.2, 0.25) is 11.6 Å². The first-order chi connectivity index (χ1) is 9.66. The summed E-state index contributed by atoms with van der Waals surface area (Å²) in [6, 6.07) is 9.35. The maximum atomic E-state index is 12.0. The summed E-state index contributed by atoms with van der Waals surface area (Å²) < 4.78 is 6.42. The number of H-pyrrole nitrogens is 1. The molecule has 1 amide bonds. The molecule has 20 heavy (non-hydrogen) atoms. The van der Waals surface area contributed by atoms with Gasteiger partial charge in [-0.15, -0.1) is 0 Å². The topological polar surface area (TPSA) is 70.2 Å². The van der Waals surface area contributed by atoms with E-state index in [-0.39, 0.29) is 18.4 Å². The summed E-state index contributed by atoms with van der Waals surface area (Å²) in [7, 11) is 1.71. The van der Waals surface area contributed by atoms with Crippen LogP contribution in [0.4, 0.5) is 0 Å². The highest BCUT2D eigenvalue weighted by atomic mass is 16.5. The number of nitrogens with zero attached hydrogens (tertiary/aromatic N) is 2. The molecule has 1 aromatic carbocycles. The molecule has 1 aromatic heterocycles. The fourth-order valence-electron chi connectivity index (χ4n) is 2.16. The van der Waals surface area contributed by atoms with Crippen molar-refractivity contribution in [3.8, 4) is 5.69 Å². The van der Waals surface area contributed by atoms with E-state index in [1.807, 2.05) is 30.3 Å². The van der Waals surface area contributed by atoms with Gasteiger partial charge in [-0.3, -0.25) is 9.32 Å². The standard InChI is InChI=1S/C14H15N3O3/c1-16(13(18)10-7-8-10)9-12-14(19)20-15-17(12)11-5-3-2-4-6-11/h2-6,10H,7-9H2,1H3/p+1. The first-order valence-electron chi connectivity index (χ1n) is 6.59. The van der Waals surface area contributed by atoms with Gasteiger partial charge in [-0.1, -0.05) is 18.2 Å². The quantitative estimate of drug-likeness (QED) is 0.831. The lowest BCUT2D eigenvalue weighted by Gasteiger charge is -2.13. The molecule has 1 aliphatic rings. The smallest absolute Gasteiger partial charge is 0.335 e. The molecule has 0 bridgehead atoms. The van der Waals surface area contributed by atoms with Crippen molar-refractivity contribution in [3.63, 3.8) is 0 Å². The van der Waals surface area contributed by atoms with Crippen molar-refractivity contribution >= 4 is 5.91 Å². The van der Waals surface area contributed by atoms with Gasteiger partial charge in [0.05, 0.1) is 0 Å². The second-order valence-electron chi connectivity index (χ2n) is 5.07. The third kappa shape index (κ3) is 2.36. The third-order valence-electron chi connectivity index (χ3n) is 3.44. The zero-order valence-electron chi connectivity index (χ0n) is 11.2. The summed E-state index contributed by atoms with van der Waals surface area (Å²) in [5, 5.41) is 2.57. The van der Waals surface area contributed by atoms with E-state index in [0.29, 0.717) is 5.69 Å². The Morgan fingerprint density at radius 1 is 1.40 bits per heavy atom. The molecule has 1 saturated carbocycles. The number of hydrogen-bond donors (Lipinski definition) is 1. The van der Waals surface area contributed by atoms with Crippen molar-refractivity contribution in [1.29, 1.82) is 0 Å². The molecule has 0 radical (unpaired) electrons. The number of nitrogens with one attached hydrogen (secondary N) is 1. The maximum absolute atomic E-state index is 12.0. The van der Waals surface area contributed by atoms with Gasteiger partial charge in [0.25, 0.3) is 0 Å². The van der Waals surface area contributed by atoms with Crippen LogP contribution in [0.2, 0.25) is 0 Å². The second-order valence-corrected chi connectivity index (χ2v) is 5.07. The number of carbonyl (C=O) groups excluding carboxylic acids is 1. The van der Waals surface area contributed by atoms with Gasteiger partial charge >= 0.3 is 11.3 Å². The van der Waals surface area contributed by atoms with Crippen LogP contribution in [0.1, 0.15) is 18.5 Å². The summed E-state index contributed by atoms with van der Waals surface area (Å²) in [4.78, 5) is 25.3. The molecule has 6 nitrogen and oxygen atoms in total. The van der Waals surface area contributed by atoms with Crippen LogP contribution in [-0.4, -0.2) is 23.1 Å². The van der Waals surface area contributed by atoms with Crippen molar-refractivity contribution in [1.82, 2.24) is 10.2 Å². The Labute approximate surface area is 115 Å². The lowest BCUT2D eigenvalue weighted by Crippen LogP contribution is -2.42. The average Bonchev–Trinajstić information content (AvgIpc) is 3.25. The van der Waals surface area contributed by atoms with E-state index in [1.54, 1.807) is 16.6 Å². The minimum Gasteiger partial charge on any atom is -0.335 e. The van der Waals surface area contributed by atoms with E-state index in [2.05, 4.69) is 5.27 Å². The van der Waals surface area contributed by atoms with E-state index >= 15 is 0 Å². The van der Waals surface area contributed by atoms with Crippen LogP contribution in [-0.2, 0) is 11.3 Å². The van der Waals surface area contributed by atoms with Crippen molar-refractivity contribution in [2.75, 3.05) is 7.05 Å². The van der Waals surface area contributed by atoms with Gasteiger partial charge in [-0.25, -0.2) is 4.79 Å². The molecule has 1 N–H and O–H groups in total. The molecule has 0 atom stereocenters. The van der Waals surface area contributed by atoms with Crippen LogP contribution >= 0.6 is 0 Å². The van der Waals surface area contributed by atoms with Gasteiger partial charge in [0.1, 0.15) is 6.54 Å². The highest BCUT2D eigenvalue weighted by molar-refractivity contribution is 5.80. The van der Waals surface area contributed by atoms with Crippen LogP contribution in [0.3, 0.4) is 0 Å². The normalized spacial score (nSPS) is 14.2. The van der Waals surface area contributed by atoms with Gasteiger partial charge in [0.15, 0.2) is 0 Å². The van der Waals surface area contributed by atoms with Crippen molar-refractivity contribution < 1.29 is 14.0 Å². The molecule has 6 heteroatoms. The van der Waals surface area contributed by atoms with Crippen LogP contribution in [0, 0.1) is 5.92 Å². The van der Waals surface area contributed by atoms with Crippen molar-refractivity contribution in [2.45, 2.75) is 19.4 Å². The fraction of sp³-hybridized carbons (Fsp3) is 0.357. The van der Waals surface area contributed by atoms with E-state index in [9.17, 15) is 9.59 Å². The van der Waals surface area contributed by atoms with Gasteiger partial charge < -0.3 is 4.90 Å². The molecule has 1 aliphatic carbocycles. The molecular formula is C14H16N3O3+. The highest BCUT2D eigenvalue weighted by Gasteiger charge is 2.34. The Kier molecular flexibility index (Phi) is 3.14. The predicted molar refractivity (Wildman–Crippen MR) is 70.1 cm³/mol. The Morgan fingerprint density at radius 3 is 2.75 bits per heavy atom. The summed E-state index contributed by atoms with van der Waals surface area (Å²) in [6.07, 6.45) is 1.90. The molecule has 1 fully saturated rings. The maximum Gasteiger partial charge on any atom is 0.432 e. The number of carbonyl (C=O) groups is 1. The third-order valence-corrected chi connectivity index (χ3v) is 3.44. The molecule has 0 spiro atoms. The minimum absolute atomic E-state index is 0.0882. The largest absolute Gasteiger partial charge is 0.432 e. The zero-order valence-corrected chi connectivity index (χ0v) is 11.2. The molecule has 104 valence electrons. The number of rotatable bonds is 4. The first-order valence-corrected chi connectivity index (χ1v) is 6.59. The summed E-state index contributed by atoms with van der Waals surface area (Å²) in [5.41, 5.74) is 0.748. The molecule has 1 heterocycles. The number of aromatic amines is 1. The van der Waals surface area contributed by atoms with Crippen molar-refractivity contribution in [3.05, 3.63) is 46.4 Å². The average molecular weight is 274 g/mol. The lowest BCUT2D eigenvalue weighted by atomic mass is 10.3. The summed E-state index contributed by atoms with van der Waals surface area (Å²) in [5.74, 6) is 0.223. The minimum atomic E-state index is -0.454. The first kappa shape index (κ1) is 12.7. The number of benzene rings is 1. The van der Waals surface area contributed by atoms with E-state index in [0.717, 1.165) is 18.5 Å². The molecule has 0 unspecified atom stereocenters. The Morgan fingerprint density at radius 2 is 2.10 bits per heavy atom. The number of para-hydroxylation sites is 1. The van der Waals surface area contributed by atoms with Crippen LogP contribution < -0.4 is 10.3 Å². The van der Waals surface area contributed by atoms with Crippen molar-refractivity contribution in [2.24, 2.45) is 5.92 Å². The number of hydrogen-bond acceptors (Lipinski definition) is 3. The Hall–Kier alpha value is -2.37. The van der Waals surface area contributed by atoms with Gasteiger partial charge in [-0.05, 0) is 22.8 Å². The van der Waals surface area contributed by atoms with E-state index in [4.69, 9.17) is 4.52 Å². The van der Waals surface area contributed by atoms with Crippen LogP contribution in [0.5, 0.6) is 0 Å². The number of amides is 1. The SMILES string of the molecule is CN(Cc1c(=O)o[nH][n+]1-c1ccccc1)C(=O)C1CC1. The Balaban J connectivity index is 1.88. The van der Waals surface area contributed by atoms with Crippen LogP contribution in [0.25, 0.3) is 5.69 Å².